The molecular formula is C15H20F3N3O2. The zero-order valence-electron chi connectivity index (χ0n) is 12.7. The van der Waals surface area contributed by atoms with E-state index in [0.717, 1.165) is 32.4 Å². The zero-order chi connectivity index (χ0) is 16.7. The molecule has 2 rings (SSSR count). The van der Waals surface area contributed by atoms with Gasteiger partial charge in [0.1, 0.15) is 0 Å². The lowest BCUT2D eigenvalue weighted by Crippen LogP contribution is -2.28. The molecule has 0 spiro atoms. The molecule has 1 aliphatic heterocycles. The second-order valence-corrected chi connectivity index (χ2v) is 5.57. The lowest BCUT2D eigenvalue weighted by atomic mass is 9.93. The third-order valence-electron chi connectivity index (χ3n) is 3.64. The van der Waals surface area contributed by atoms with Crippen LogP contribution in [0.1, 0.15) is 25.7 Å². The Morgan fingerprint density at radius 1 is 1.35 bits per heavy atom. The first-order valence-corrected chi connectivity index (χ1v) is 7.58. The summed E-state index contributed by atoms with van der Waals surface area (Å²) in [4.78, 5) is 15.6. The second kappa shape index (κ2) is 8.14. The summed E-state index contributed by atoms with van der Waals surface area (Å²) in [7, 11) is 0. The van der Waals surface area contributed by atoms with Crippen molar-refractivity contribution in [3.05, 3.63) is 18.3 Å². The molecule has 1 aromatic rings. The zero-order valence-corrected chi connectivity index (χ0v) is 12.7. The Morgan fingerprint density at radius 3 is 2.70 bits per heavy atom. The highest BCUT2D eigenvalue weighted by molar-refractivity contribution is 5.90. The van der Waals surface area contributed by atoms with Crippen LogP contribution in [0.15, 0.2) is 18.3 Å². The summed E-state index contributed by atoms with van der Waals surface area (Å²) in [6.45, 7) is 0.604. The Bertz CT molecular complexity index is 500. The van der Waals surface area contributed by atoms with Crippen molar-refractivity contribution in [3.8, 4) is 5.88 Å². The number of pyridine rings is 1. The van der Waals surface area contributed by atoms with E-state index in [1.54, 1.807) is 0 Å². The van der Waals surface area contributed by atoms with Gasteiger partial charge in [0.2, 0.25) is 11.8 Å². The number of ether oxygens (including phenoxy) is 1. The minimum atomic E-state index is -4.40. The van der Waals surface area contributed by atoms with E-state index >= 15 is 0 Å². The third kappa shape index (κ3) is 6.85. The largest absolute Gasteiger partial charge is 0.468 e. The standard InChI is InChI=1S/C15H20F3N3O2/c16-15(17,18)10-23-14-4-2-12(9-20-14)21-13(22)3-1-11-5-7-19-8-6-11/h2,4,9,11,19H,1,3,5-8,10H2,(H,21,22). The Kier molecular flexibility index (Phi) is 6.20. The van der Waals surface area contributed by atoms with Gasteiger partial charge in [0, 0.05) is 12.5 Å². The first kappa shape index (κ1) is 17.5. The number of nitrogens with one attached hydrogen (secondary N) is 2. The molecule has 0 saturated carbocycles. The first-order chi connectivity index (χ1) is 10.9. The van der Waals surface area contributed by atoms with Crippen molar-refractivity contribution in [2.75, 3.05) is 25.0 Å². The molecule has 1 aromatic heterocycles. The van der Waals surface area contributed by atoms with Crippen molar-refractivity contribution >= 4 is 11.6 Å². The maximum atomic E-state index is 12.0. The number of aromatic nitrogens is 1. The van der Waals surface area contributed by atoms with Crippen molar-refractivity contribution in [1.82, 2.24) is 10.3 Å². The summed E-state index contributed by atoms with van der Waals surface area (Å²) < 4.78 is 40.6. The third-order valence-corrected chi connectivity index (χ3v) is 3.64. The van der Waals surface area contributed by atoms with Crippen molar-refractivity contribution in [2.45, 2.75) is 31.9 Å². The minimum Gasteiger partial charge on any atom is -0.468 e. The van der Waals surface area contributed by atoms with Crippen molar-refractivity contribution in [2.24, 2.45) is 5.92 Å². The Hall–Kier alpha value is -1.83. The van der Waals surface area contributed by atoms with Crippen LogP contribution in [0.25, 0.3) is 0 Å². The number of rotatable bonds is 6. The molecule has 2 heterocycles. The van der Waals surface area contributed by atoms with Gasteiger partial charge in [-0.3, -0.25) is 4.79 Å². The average molecular weight is 331 g/mol. The smallest absolute Gasteiger partial charge is 0.422 e. The number of nitrogens with zero attached hydrogens (tertiary/aromatic N) is 1. The fraction of sp³-hybridized carbons (Fsp3) is 0.600. The van der Waals surface area contributed by atoms with E-state index in [0.29, 0.717) is 18.0 Å². The highest BCUT2D eigenvalue weighted by Gasteiger charge is 2.28. The quantitative estimate of drug-likeness (QED) is 0.841. The van der Waals surface area contributed by atoms with E-state index in [1.807, 2.05) is 0 Å². The first-order valence-electron chi connectivity index (χ1n) is 7.58. The van der Waals surface area contributed by atoms with Crippen molar-refractivity contribution in [1.29, 1.82) is 0 Å². The van der Waals surface area contributed by atoms with Crippen LogP contribution in [-0.4, -0.2) is 36.8 Å². The number of hydrogen-bond donors (Lipinski definition) is 2. The Morgan fingerprint density at radius 2 is 2.09 bits per heavy atom. The number of carbonyl (C=O) groups excluding carboxylic acids is 1. The number of amides is 1. The summed E-state index contributed by atoms with van der Waals surface area (Å²) in [6, 6.07) is 2.77. The molecule has 0 unspecified atom stereocenters. The van der Waals surface area contributed by atoms with Gasteiger partial charge in [-0.25, -0.2) is 4.98 Å². The molecule has 23 heavy (non-hydrogen) atoms. The van der Waals surface area contributed by atoms with Gasteiger partial charge in [-0.15, -0.1) is 0 Å². The van der Waals surface area contributed by atoms with Crippen LogP contribution in [0.3, 0.4) is 0 Å². The molecule has 2 N–H and O–H groups in total. The molecule has 0 radical (unpaired) electrons. The van der Waals surface area contributed by atoms with Crippen molar-refractivity contribution < 1.29 is 22.7 Å². The van der Waals surface area contributed by atoms with Gasteiger partial charge in [-0.1, -0.05) is 0 Å². The highest BCUT2D eigenvalue weighted by Crippen LogP contribution is 2.20. The van der Waals surface area contributed by atoms with Crippen LogP contribution in [0.4, 0.5) is 18.9 Å². The van der Waals surface area contributed by atoms with Crippen LogP contribution < -0.4 is 15.4 Å². The number of halogens is 3. The van der Waals surface area contributed by atoms with E-state index in [9.17, 15) is 18.0 Å². The van der Waals surface area contributed by atoms with Crippen molar-refractivity contribution in [3.63, 3.8) is 0 Å². The molecular weight excluding hydrogens is 311 g/mol. The second-order valence-electron chi connectivity index (χ2n) is 5.57. The number of alkyl halides is 3. The van der Waals surface area contributed by atoms with E-state index in [4.69, 9.17) is 0 Å². The predicted octanol–water partition coefficient (Wildman–Crippen LogP) is 2.74. The predicted molar refractivity (Wildman–Crippen MR) is 79.2 cm³/mol. The fourth-order valence-corrected chi connectivity index (χ4v) is 2.42. The van der Waals surface area contributed by atoms with E-state index in [1.165, 1.54) is 18.3 Å². The van der Waals surface area contributed by atoms with Gasteiger partial charge in [0.05, 0.1) is 11.9 Å². The normalized spacial score (nSPS) is 16.1. The summed E-state index contributed by atoms with van der Waals surface area (Å²) in [6.07, 6.45) is 0.322. The monoisotopic (exact) mass is 331 g/mol. The fourth-order valence-electron chi connectivity index (χ4n) is 2.42. The van der Waals surface area contributed by atoms with Crippen LogP contribution in [0.2, 0.25) is 0 Å². The molecule has 0 bridgehead atoms. The van der Waals surface area contributed by atoms with Gasteiger partial charge in [0.15, 0.2) is 6.61 Å². The van der Waals surface area contributed by atoms with Gasteiger partial charge >= 0.3 is 6.18 Å². The van der Waals surface area contributed by atoms with E-state index in [-0.39, 0.29) is 11.8 Å². The minimum absolute atomic E-state index is 0.116. The molecule has 0 aliphatic carbocycles. The summed E-state index contributed by atoms with van der Waals surface area (Å²) in [5.74, 6) is 0.322. The summed E-state index contributed by atoms with van der Waals surface area (Å²) in [5, 5.41) is 5.96. The molecule has 0 atom stereocenters. The number of anilines is 1. The topological polar surface area (TPSA) is 63.2 Å². The molecule has 8 heteroatoms. The van der Waals surface area contributed by atoms with Crippen LogP contribution in [0, 0.1) is 5.92 Å². The summed E-state index contributed by atoms with van der Waals surface area (Å²) in [5.41, 5.74) is 0.444. The van der Waals surface area contributed by atoms with Gasteiger partial charge in [0.25, 0.3) is 0 Å². The SMILES string of the molecule is O=C(CCC1CCNCC1)Nc1ccc(OCC(F)(F)F)nc1. The lowest BCUT2D eigenvalue weighted by molar-refractivity contribution is -0.154. The van der Waals surface area contributed by atoms with Crippen LogP contribution >= 0.6 is 0 Å². The maximum Gasteiger partial charge on any atom is 0.422 e. The van der Waals surface area contributed by atoms with Crippen LogP contribution in [-0.2, 0) is 4.79 Å². The Balaban J connectivity index is 1.73. The van der Waals surface area contributed by atoms with Crippen LogP contribution in [0.5, 0.6) is 5.88 Å². The molecule has 0 aromatic carbocycles. The summed E-state index contributed by atoms with van der Waals surface area (Å²) >= 11 is 0. The number of carbonyl (C=O) groups is 1. The van der Waals surface area contributed by atoms with E-state index < -0.39 is 12.8 Å². The Labute approximate surface area is 132 Å². The molecule has 1 aliphatic rings. The number of hydrogen-bond acceptors (Lipinski definition) is 4. The van der Waals surface area contributed by atoms with Gasteiger partial charge in [-0.05, 0) is 44.3 Å². The lowest BCUT2D eigenvalue weighted by Gasteiger charge is -2.22. The molecule has 128 valence electrons. The molecule has 1 saturated heterocycles. The average Bonchev–Trinajstić information content (AvgIpc) is 2.53. The molecule has 1 fully saturated rings. The molecule has 5 nitrogen and oxygen atoms in total. The van der Waals surface area contributed by atoms with Gasteiger partial charge in [-0.2, -0.15) is 13.2 Å². The maximum absolute atomic E-state index is 12.0. The molecule has 1 amide bonds. The highest BCUT2D eigenvalue weighted by atomic mass is 19.4. The van der Waals surface area contributed by atoms with E-state index in [2.05, 4.69) is 20.4 Å². The van der Waals surface area contributed by atoms with Gasteiger partial charge < -0.3 is 15.4 Å². The number of piperidine rings is 1.